The van der Waals surface area contributed by atoms with Gasteiger partial charge >= 0.3 is 0 Å². The summed E-state index contributed by atoms with van der Waals surface area (Å²) in [4.78, 5) is 18.4. The van der Waals surface area contributed by atoms with Gasteiger partial charge in [-0.2, -0.15) is 0 Å². The summed E-state index contributed by atoms with van der Waals surface area (Å²) in [5.74, 6) is -0.158. The number of hydrogen-bond donors (Lipinski definition) is 1. The van der Waals surface area contributed by atoms with Gasteiger partial charge in [-0.15, -0.1) is 0 Å². The molecule has 1 aliphatic carbocycles. The van der Waals surface area contributed by atoms with E-state index in [4.69, 9.17) is 9.57 Å². The lowest BCUT2D eigenvalue weighted by atomic mass is 9.74. The average Bonchev–Trinajstić information content (AvgIpc) is 3.31. The van der Waals surface area contributed by atoms with E-state index in [1.165, 1.54) is 12.1 Å². The normalized spacial score (nSPS) is 25.2. The van der Waals surface area contributed by atoms with Crippen molar-refractivity contribution in [2.45, 2.75) is 50.7 Å². The molecule has 0 spiro atoms. The molecule has 1 aromatic carbocycles. The fraction of sp³-hybridized carbons (Fsp3) is 0.579. The van der Waals surface area contributed by atoms with Crippen LogP contribution in [0, 0.1) is 11.2 Å². The lowest BCUT2D eigenvalue weighted by Crippen LogP contribution is -2.47. The molecule has 0 aromatic heterocycles. The molecule has 5 nitrogen and oxygen atoms in total. The molecule has 0 bridgehead atoms. The van der Waals surface area contributed by atoms with Crippen molar-refractivity contribution in [1.82, 2.24) is 5.32 Å². The second-order valence-electron chi connectivity index (χ2n) is 7.32. The van der Waals surface area contributed by atoms with E-state index < -0.39 is 5.41 Å². The molecule has 4 rings (SSSR count). The lowest BCUT2D eigenvalue weighted by molar-refractivity contribution is -0.140. The van der Waals surface area contributed by atoms with E-state index in [9.17, 15) is 9.18 Å². The predicted octanol–water partition coefficient (Wildman–Crippen LogP) is 2.78. The molecule has 6 heteroatoms. The molecular formula is C19H23FN2O3. The van der Waals surface area contributed by atoms with Gasteiger partial charge in [-0.3, -0.25) is 4.79 Å². The molecule has 1 amide bonds. The number of rotatable bonds is 5. The smallest absolute Gasteiger partial charge is 0.226 e. The van der Waals surface area contributed by atoms with Crippen molar-refractivity contribution in [3.8, 4) is 0 Å². The van der Waals surface area contributed by atoms with Crippen LogP contribution >= 0.6 is 0 Å². The number of ether oxygens (including phenoxy) is 1. The molecule has 2 fully saturated rings. The zero-order chi connectivity index (χ0) is 17.3. The highest BCUT2D eigenvalue weighted by atomic mass is 19.1. The van der Waals surface area contributed by atoms with E-state index in [1.54, 1.807) is 6.07 Å². The number of hydrogen-bond acceptors (Lipinski definition) is 4. The zero-order valence-electron chi connectivity index (χ0n) is 14.2. The van der Waals surface area contributed by atoms with Gasteiger partial charge in [-0.25, -0.2) is 4.39 Å². The minimum atomic E-state index is -0.446. The van der Waals surface area contributed by atoms with E-state index in [0.29, 0.717) is 44.9 Å². The van der Waals surface area contributed by atoms with Gasteiger partial charge in [0.15, 0.2) is 0 Å². The number of carbonyl (C=O) groups is 1. The van der Waals surface area contributed by atoms with Crippen LogP contribution in [-0.4, -0.2) is 37.0 Å². The van der Waals surface area contributed by atoms with Gasteiger partial charge in [0.2, 0.25) is 5.91 Å². The number of benzene rings is 1. The number of oxime groups is 1. The number of amides is 1. The molecule has 1 saturated heterocycles. The van der Waals surface area contributed by atoms with Crippen LogP contribution < -0.4 is 5.32 Å². The van der Waals surface area contributed by atoms with Crippen molar-refractivity contribution in [2.75, 3.05) is 13.2 Å². The number of carbonyl (C=O) groups excluding carboxylic acids is 1. The molecule has 3 aliphatic rings. The summed E-state index contributed by atoms with van der Waals surface area (Å²) >= 11 is 0. The van der Waals surface area contributed by atoms with Crippen molar-refractivity contribution >= 4 is 11.6 Å². The van der Waals surface area contributed by atoms with Crippen molar-refractivity contribution in [3.05, 3.63) is 35.6 Å². The topological polar surface area (TPSA) is 59.9 Å². The largest absolute Gasteiger partial charge is 0.392 e. The Balaban J connectivity index is 1.43. The molecule has 25 heavy (non-hydrogen) atoms. The minimum absolute atomic E-state index is 0.126. The van der Waals surface area contributed by atoms with Crippen LogP contribution in [0.1, 0.15) is 44.1 Å². The Morgan fingerprint density at radius 2 is 2.12 bits per heavy atom. The van der Waals surface area contributed by atoms with Gasteiger partial charge in [0, 0.05) is 37.7 Å². The highest BCUT2D eigenvalue weighted by Gasteiger charge is 2.45. The zero-order valence-corrected chi connectivity index (χ0v) is 14.2. The Labute approximate surface area is 146 Å². The van der Waals surface area contributed by atoms with Crippen molar-refractivity contribution < 1.29 is 18.8 Å². The SMILES string of the molecule is O=C(NC1CC1)C1(C[C@@H]2CC(c3cccc(F)c3)=NO2)CCOCC1. The second-order valence-corrected chi connectivity index (χ2v) is 7.32. The maximum atomic E-state index is 13.4. The fourth-order valence-corrected chi connectivity index (χ4v) is 3.66. The molecule has 1 saturated carbocycles. The fourth-order valence-electron chi connectivity index (χ4n) is 3.66. The predicted molar refractivity (Wildman–Crippen MR) is 90.7 cm³/mol. The van der Waals surface area contributed by atoms with Crippen LogP contribution in [0.5, 0.6) is 0 Å². The number of nitrogens with zero attached hydrogens (tertiary/aromatic N) is 1. The Morgan fingerprint density at radius 1 is 1.32 bits per heavy atom. The van der Waals surface area contributed by atoms with Gasteiger partial charge in [0.1, 0.15) is 11.9 Å². The van der Waals surface area contributed by atoms with Gasteiger partial charge in [-0.1, -0.05) is 17.3 Å². The third-order valence-corrected chi connectivity index (χ3v) is 5.35. The quantitative estimate of drug-likeness (QED) is 0.892. The summed E-state index contributed by atoms with van der Waals surface area (Å²) < 4.78 is 18.9. The van der Waals surface area contributed by atoms with Gasteiger partial charge in [-0.05, 0) is 37.8 Å². The standard InChI is InChI=1S/C19H23FN2O3/c20-14-3-1-2-13(10-14)17-11-16(25-22-17)12-19(6-8-24-9-7-19)18(23)21-15-4-5-15/h1-3,10,15-16H,4-9,11-12H2,(H,21,23)/t16-/m0/s1. The van der Waals surface area contributed by atoms with Crippen LogP contribution in [0.15, 0.2) is 29.4 Å². The molecule has 1 aromatic rings. The first-order valence-corrected chi connectivity index (χ1v) is 9.02. The third kappa shape index (κ3) is 3.68. The lowest BCUT2D eigenvalue weighted by Gasteiger charge is -2.37. The number of nitrogens with one attached hydrogen (secondary N) is 1. The monoisotopic (exact) mass is 346 g/mol. The van der Waals surface area contributed by atoms with E-state index >= 15 is 0 Å². The first kappa shape index (κ1) is 16.5. The summed E-state index contributed by atoms with van der Waals surface area (Å²) in [5, 5.41) is 7.30. The maximum absolute atomic E-state index is 13.4. The van der Waals surface area contributed by atoms with E-state index in [-0.39, 0.29) is 17.8 Å². The number of halogens is 1. The Morgan fingerprint density at radius 3 is 2.84 bits per heavy atom. The van der Waals surface area contributed by atoms with E-state index in [0.717, 1.165) is 24.1 Å². The summed E-state index contributed by atoms with van der Waals surface area (Å²) in [7, 11) is 0. The average molecular weight is 346 g/mol. The van der Waals surface area contributed by atoms with Crippen LogP contribution in [0.3, 0.4) is 0 Å². The molecule has 1 N–H and O–H groups in total. The second kappa shape index (κ2) is 6.75. The van der Waals surface area contributed by atoms with Crippen molar-refractivity contribution in [2.24, 2.45) is 10.6 Å². The Hall–Kier alpha value is -1.95. The molecule has 134 valence electrons. The summed E-state index contributed by atoms with van der Waals surface area (Å²) in [6.45, 7) is 1.20. The summed E-state index contributed by atoms with van der Waals surface area (Å²) in [5.41, 5.74) is 1.04. The van der Waals surface area contributed by atoms with E-state index in [2.05, 4.69) is 10.5 Å². The maximum Gasteiger partial charge on any atom is 0.226 e. The highest BCUT2D eigenvalue weighted by Crippen LogP contribution is 2.39. The van der Waals surface area contributed by atoms with Crippen LogP contribution in [0.25, 0.3) is 0 Å². The highest BCUT2D eigenvalue weighted by molar-refractivity contribution is 6.01. The molecule has 2 aliphatic heterocycles. The summed E-state index contributed by atoms with van der Waals surface area (Å²) in [6.07, 6.45) is 4.64. The molecule has 2 heterocycles. The molecule has 0 unspecified atom stereocenters. The molecule has 1 atom stereocenters. The van der Waals surface area contributed by atoms with Crippen LogP contribution in [0.2, 0.25) is 0 Å². The first-order valence-electron chi connectivity index (χ1n) is 9.02. The van der Waals surface area contributed by atoms with Crippen LogP contribution in [0.4, 0.5) is 4.39 Å². The van der Waals surface area contributed by atoms with Gasteiger partial charge < -0.3 is 14.9 Å². The van der Waals surface area contributed by atoms with Gasteiger partial charge in [0.05, 0.1) is 11.1 Å². The molecular weight excluding hydrogens is 323 g/mol. The third-order valence-electron chi connectivity index (χ3n) is 5.35. The van der Waals surface area contributed by atoms with Gasteiger partial charge in [0.25, 0.3) is 0 Å². The Bertz CT molecular complexity index is 681. The minimum Gasteiger partial charge on any atom is -0.392 e. The van der Waals surface area contributed by atoms with Crippen LogP contribution in [-0.2, 0) is 14.4 Å². The molecule has 0 radical (unpaired) electrons. The Kier molecular flexibility index (Phi) is 4.46. The van der Waals surface area contributed by atoms with Crippen molar-refractivity contribution in [3.63, 3.8) is 0 Å². The first-order chi connectivity index (χ1) is 12.1. The van der Waals surface area contributed by atoms with E-state index in [1.807, 2.05) is 6.07 Å². The van der Waals surface area contributed by atoms with Crippen molar-refractivity contribution in [1.29, 1.82) is 0 Å². The summed E-state index contributed by atoms with van der Waals surface area (Å²) in [6, 6.07) is 6.72.